The maximum absolute atomic E-state index is 12.8. The van der Waals surface area contributed by atoms with Crippen molar-refractivity contribution in [1.29, 1.82) is 0 Å². The van der Waals surface area contributed by atoms with E-state index in [9.17, 15) is 8.42 Å². The maximum atomic E-state index is 12.8. The second-order valence-electron chi connectivity index (χ2n) is 7.72. The highest BCUT2D eigenvalue weighted by Crippen LogP contribution is 2.38. The zero-order chi connectivity index (χ0) is 23.2. The lowest BCUT2D eigenvalue weighted by Gasteiger charge is -2.15. The summed E-state index contributed by atoms with van der Waals surface area (Å²) in [6, 6.07) is 21.3. The first-order valence-electron chi connectivity index (χ1n) is 10.2. The largest absolute Gasteiger partial charge is 0.242 e. The van der Waals surface area contributed by atoms with Gasteiger partial charge >= 0.3 is 0 Å². The van der Waals surface area contributed by atoms with Crippen molar-refractivity contribution in [2.75, 3.05) is 14.1 Å². The molecular formula is C24H20N4O2S3. The van der Waals surface area contributed by atoms with Gasteiger partial charge in [-0.25, -0.2) is 17.7 Å². The standard InChI is InChI=1S/C24H20N4O2S3/c1-15-12-13-16(14-21(15)33(29,30)28(2)3)22-17-8-4-5-9-18(17)23(27-26-22)32-24-25-19-10-6-7-11-20(19)31-24/h4-14H,1-3H3. The van der Waals surface area contributed by atoms with Crippen LogP contribution in [-0.4, -0.2) is 42.0 Å². The molecule has 0 spiro atoms. The van der Waals surface area contributed by atoms with E-state index in [0.29, 0.717) is 16.8 Å². The number of aryl methyl sites for hydroxylation is 1. The fraction of sp³-hybridized carbons (Fsp3) is 0.125. The van der Waals surface area contributed by atoms with Crippen LogP contribution in [0.1, 0.15) is 5.56 Å². The monoisotopic (exact) mass is 492 g/mol. The molecule has 0 bridgehead atoms. The summed E-state index contributed by atoms with van der Waals surface area (Å²) in [7, 11) is -0.514. The molecule has 6 nitrogen and oxygen atoms in total. The molecule has 0 saturated carbocycles. The fourth-order valence-corrected chi connectivity index (χ4v) is 6.76. The summed E-state index contributed by atoms with van der Waals surface area (Å²) in [5.74, 6) is 0. The third kappa shape index (κ3) is 4.02. The predicted molar refractivity (Wildman–Crippen MR) is 134 cm³/mol. The van der Waals surface area contributed by atoms with Gasteiger partial charge in [-0.3, -0.25) is 0 Å². The van der Waals surface area contributed by atoms with Crippen molar-refractivity contribution in [2.24, 2.45) is 0 Å². The van der Waals surface area contributed by atoms with Gasteiger partial charge in [-0.15, -0.1) is 21.5 Å². The molecule has 0 radical (unpaired) electrons. The number of aromatic nitrogens is 3. The van der Waals surface area contributed by atoms with Crippen LogP contribution in [0.2, 0.25) is 0 Å². The number of hydrogen-bond acceptors (Lipinski definition) is 7. The predicted octanol–water partition coefficient (Wildman–Crippen LogP) is 5.62. The van der Waals surface area contributed by atoms with E-state index in [1.807, 2.05) is 54.6 Å². The van der Waals surface area contributed by atoms with Gasteiger partial charge in [-0.05, 0) is 42.4 Å². The molecule has 5 aromatic rings. The molecule has 0 fully saturated rings. The van der Waals surface area contributed by atoms with Crippen molar-refractivity contribution in [1.82, 2.24) is 19.5 Å². The van der Waals surface area contributed by atoms with Gasteiger partial charge in [0.05, 0.1) is 15.1 Å². The average Bonchev–Trinajstić information content (AvgIpc) is 3.22. The smallest absolute Gasteiger partial charge is 0.229 e. The Morgan fingerprint density at radius 1 is 0.909 bits per heavy atom. The van der Waals surface area contributed by atoms with E-state index in [1.165, 1.54) is 30.2 Å². The van der Waals surface area contributed by atoms with Crippen LogP contribution >= 0.6 is 23.1 Å². The summed E-state index contributed by atoms with van der Waals surface area (Å²) in [4.78, 5) is 4.97. The Hall–Kier alpha value is -2.85. The summed E-state index contributed by atoms with van der Waals surface area (Å²) in [6.45, 7) is 1.79. The number of hydrogen-bond donors (Lipinski definition) is 0. The zero-order valence-electron chi connectivity index (χ0n) is 18.2. The third-order valence-electron chi connectivity index (χ3n) is 5.33. The number of nitrogens with zero attached hydrogens (tertiary/aromatic N) is 4. The summed E-state index contributed by atoms with van der Waals surface area (Å²) in [5.41, 5.74) is 3.01. The SMILES string of the molecule is Cc1ccc(-c2nnc(Sc3nc4ccccc4s3)c3ccccc23)cc1S(=O)(=O)N(C)C. The maximum Gasteiger partial charge on any atom is 0.242 e. The van der Waals surface area contributed by atoms with Gasteiger partial charge in [0.2, 0.25) is 10.0 Å². The minimum absolute atomic E-state index is 0.267. The van der Waals surface area contributed by atoms with Crippen molar-refractivity contribution < 1.29 is 8.42 Å². The molecule has 0 amide bonds. The van der Waals surface area contributed by atoms with E-state index >= 15 is 0 Å². The van der Waals surface area contributed by atoms with E-state index in [-0.39, 0.29) is 4.90 Å². The minimum Gasteiger partial charge on any atom is -0.229 e. The van der Waals surface area contributed by atoms with Crippen LogP contribution < -0.4 is 0 Å². The van der Waals surface area contributed by atoms with Crippen LogP contribution in [0.4, 0.5) is 0 Å². The molecule has 33 heavy (non-hydrogen) atoms. The van der Waals surface area contributed by atoms with Crippen molar-refractivity contribution in [3.8, 4) is 11.3 Å². The lowest BCUT2D eigenvalue weighted by molar-refractivity contribution is 0.520. The van der Waals surface area contributed by atoms with Gasteiger partial charge in [0.15, 0.2) is 4.34 Å². The van der Waals surface area contributed by atoms with Crippen LogP contribution in [0.15, 0.2) is 81.0 Å². The highest BCUT2D eigenvalue weighted by Gasteiger charge is 2.22. The molecule has 0 saturated heterocycles. The molecule has 3 aromatic carbocycles. The summed E-state index contributed by atoms with van der Waals surface area (Å²) < 4.78 is 28.9. The first kappa shape index (κ1) is 22.0. The number of fused-ring (bicyclic) bond motifs is 2. The Balaban J connectivity index is 1.62. The van der Waals surface area contributed by atoms with E-state index in [4.69, 9.17) is 4.98 Å². The molecule has 0 aliphatic rings. The highest BCUT2D eigenvalue weighted by molar-refractivity contribution is 8.01. The molecule has 5 rings (SSSR count). The first-order chi connectivity index (χ1) is 15.8. The number of para-hydroxylation sites is 1. The first-order valence-corrected chi connectivity index (χ1v) is 13.2. The molecular weight excluding hydrogens is 472 g/mol. The number of thiazole rings is 1. The van der Waals surface area contributed by atoms with E-state index < -0.39 is 10.0 Å². The van der Waals surface area contributed by atoms with Crippen molar-refractivity contribution >= 4 is 54.1 Å². The number of sulfonamides is 1. The van der Waals surface area contributed by atoms with Crippen molar-refractivity contribution in [3.05, 3.63) is 72.3 Å². The van der Waals surface area contributed by atoms with Gasteiger partial charge in [0.1, 0.15) is 10.7 Å². The molecule has 2 aromatic heterocycles. The lowest BCUT2D eigenvalue weighted by Crippen LogP contribution is -2.23. The summed E-state index contributed by atoms with van der Waals surface area (Å²) in [6.07, 6.45) is 0. The number of rotatable bonds is 5. The zero-order valence-corrected chi connectivity index (χ0v) is 20.6. The molecule has 0 N–H and O–H groups in total. The minimum atomic E-state index is -3.58. The normalized spacial score (nSPS) is 12.1. The summed E-state index contributed by atoms with van der Waals surface area (Å²) >= 11 is 3.11. The lowest BCUT2D eigenvalue weighted by atomic mass is 10.0. The Bertz CT molecular complexity index is 1580. The van der Waals surface area contributed by atoms with Gasteiger partial charge in [0, 0.05) is 30.4 Å². The van der Waals surface area contributed by atoms with Crippen molar-refractivity contribution in [2.45, 2.75) is 21.2 Å². The van der Waals surface area contributed by atoms with Gasteiger partial charge < -0.3 is 0 Å². The molecule has 0 aliphatic heterocycles. The van der Waals surface area contributed by atoms with Crippen LogP contribution in [0.3, 0.4) is 0 Å². The Labute approximate surface area is 200 Å². The molecule has 0 aliphatic carbocycles. The second kappa shape index (κ2) is 8.49. The topological polar surface area (TPSA) is 76.0 Å². The second-order valence-corrected chi connectivity index (χ2v) is 12.1. The highest BCUT2D eigenvalue weighted by atomic mass is 32.2. The third-order valence-corrected chi connectivity index (χ3v) is 9.38. The Morgan fingerprint density at radius 3 is 2.39 bits per heavy atom. The number of benzene rings is 3. The van der Waals surface area contributed by atoms with E-state index in [0.717, 1.165) is 30.4 Å². The van der Waals surface area contributed by atoms with Crippen molar-refractivity contribution in [3.63, 3.8) is 0 Å². The van der Waals surface area contributed by atoms with Gasteiger partial charge in [0.25, 0.3) is 0 Å². The molecule has 0 unspecified atom stereocenters. The van der Waals surface area contributed by atoms with Crippen LogP contribution in [0.25, 0.3) is 32.2 Å². The summed E-state index contributed by atoms with van der Waals surface area (Å²) in [5, 5.41) is 11.7. The van der Waals surface area contributed by atoms with Gasteiger partial charge in [-0.1, -0.05) is 48.5 Å². The Morgan fingerprint density at radius 2 is 1.64 bits per heavy atom. The molecule has 0 atom stereocenters. The quantitative estimate of drug-likeness (QED) is 0.317. The molecule has 9 heteroatoms. The van der Waals surface area contributed by atoms with E-state index in [1.54, 1.807) is 24.3 Å². The molecule has 2 heterocycles. The van der Waals surface area contributed by atoms with Crippen LogP contribution in [0.5, 0.6) is 0 Å². The average molecular weight is 493 g/mol. The fourth-order valence-electron chi connectivity index (χ4n) is 3.57. The van der Waals surface area contributed by atoms with Gasteiger partial charge in [-0.2, -0.15) is 0 Å². The molecule has 166 valence electrons. The Kier molecular flexibility index (Phi) is 5.65. The van der Waals surface area contributed by atoms with E-state index in [2.05, 4.69) is 16.3 Å². The van der Waals surface area contributed by atoms with Crippen LogP contribution in [0, 0.1) is 6.92 Å². The van der Waals surface area contributed by atoms with Crippen LogP contribution in [-0.2, 0) is 10.0 Å².